The summed E-state index contributed by atoms with van der Waals surface area (Å²) in [5, 5.41) is 9.69. The van der Waals surface area contributed by atoms with Crippen molar-refractivity contribution in [3.8, 4) is 5.69 Å². The molecule has 5 nitrogen and oxygen atoms in total. The molecule has 1 amide bonds. The van der Waals surface area contributed by atoms with Crippen LogP contribution in [0.15, 0.2) is 30.5 Å². The van der Waals surface area contributed by atoms with Gasteiger partial charge in [-0.25, -0.2) is 4.68 Å². The van der Waals surface area contributed by atoms with Gasteiger partial charge in [0.15, 0.2) is 5.69 Å². The van der Waals surface area contributed by atoms with E-state index in [2.05, 4.69) is 15.7 Å². The van der Waals surface area contributed by atoms with Crippen LogP contribution >= 0.6 is 12.4 Å². The van der Waals surface area contributed by atoms with Gasteiger partial charge in [0.2, 0.25) is 0 Å². The Morgan fingerprint density at radius 2 is 1.92 bits per heavy atom. The first-order valence-electron chi connectivity index (χ1n) is 8.10. The van der Waals surface area contributed by atoms with Crippen LogP contribution in [0.3, 0.4) is 0 Å². The number of benzene rings is 1. The molecule has 0 saturated carbocycles. The molecule has 26 heavy (non-hydrogen) atoms. The third-order valence-corrected chi connectivity index (χ3v) is 4.30. The largest absolute Gasteiger partial charge is 0.434 e. The molecule has 1 fully saturated rings. The number of carbonyl (C=O) groups is 1. The van der Waals surface area contributed by atoms with Crippen molar-refractivity contribution < 1.29 is 18.0 Å². The predicted molar refractivity (Wildman–Crippen MR) is 93.9 cm³/mol. The number of halogens is 4. The van der Waals surface area contributed by atoms with Crippen molar-refractivity contribution in [2.75, 3.05) is 13.1 Å². The van der Waals surface area contributed by atoms with E-state index < -0.39 is 23.3 Å². The standard InChI is InChI=1S/C17H19F3N4O.ClH/c1-11-4-2-3-5-14(11)24-15(17(18,19)20)13(10-22-24)16(25)23-12-6-8-21-9-7-12;/h2-5,10,12,21H,6-9H2,1H3,(H,23,25);1H. The zero-order valence-electron chi connectivity index (χ0n) is 14.1. The number of nitrogens with one attached hydrogen (secondary N) is 2. The highest BCUT2D eigenvalue weighted by atomic mass is 35.5. The molecule has 2 heterocycles. The number of aryl methyl sites for hydroxylation is 1. The summed E-state index contributed by atoms with van der Waals surface area (Å²) >= 11 is 0. The molecule has 1 aliphatic heterocycles. The van der Waals surface area contributed by atoms with Gasteiger partial charge in [-0.15, -0.1) is 12.4 Å². The predicted octanol–water partition coefficient (Wildman–Crippen LogP) is 3.10. The van der Waals surface area contributed by atoms with E-state index in [1.54, 1.807) is 31.2 Å². The van der Waals surface area contributed by atoms with Crippen LogP contribution in [-0.2, 0) is 6.18 Å². The second-order valence-electron chi connectivity index (χ2n) is 6.10. The first-order chi connectivity index (χ1) is 11.9. The van der Waals surface area contributed by atoms with Gasteiger partial charge < -0.3 is 10.6 Å². The summed E-state index contributed by atoms with van der Waals surface area (Å²) in [7, 11) is 0. The smallest absolute Gasteiger partial charge is 0.349 e. The number of amides is 1. The molecule has 0 radical (unpaired) electrons. The number of hydrogen-bond donors (Lipinski definition) is 2. The van der Waals surface area contributed by atoms with Crippen LogP contribution in [0.5, 0.6) is 0 Å². The first-order valence-corrected chi connectivity index (χ1v) is 8.10. The van der Waals surface area contributed by atoms with Gasteiger partial charge in [0.25, 0.3) is 5.91 Å². The molecular weight excluding hydrogens is 369 g/mol. The number of alkyl halides is 3. The molecule has 1 aromatic carbocycles. The van der Waals surface area contributed by atoms with Crippen LogP contribution in [0.1, 0.15) is 34.5 Å². The molecule has 1 aliphatic rings. The lowest BCUT2D eigenvalue weighted by molar-refractivity contribution is -0.143. The van der Waals surface area contributed by atoms with E-state index in [0.29, 0.717) is 24.1 Å². The van der Waals surface area contributed by atoms with E-state index in [9.17, 15) is 18.0 Å². The highest BCUT2D eigenvalue weighted by Crippen LogP contribution is 2.34. The van der Waals surface area contributed by atoms with Crippen molar-refractivity contribution in [2.24, 2.45) is 0 Å². The minimum atomic E-state index is -4.69. The normalized spacial score (nSPS) is 15.4. The van der Waals surface area contributed by atoms with Crippen LogP contribution in [0, 0.1) is 6.92 Å². The van der Waals surface area contributed by atoms with Crippen molar-refractivity contribution in [3.05, 3.63) is 47.3 Å². The Morgan fingerprint density at radius 3 is 2.54 bits per heavy atom. The average molecular weight is 389 g/mol. The molecule has 2 N–H and O–H groups in total. The second kappa shape index (κ2) is 8.09. The average Bonchev–Trinajstić information content (AvgIpc) is 3.01. The Hall–Kier alpha value is -2.06. The maximum absolute atomic E-state index is 13.6. The van der Waals surface area contributed by atoms with Gasteiger partial charge >= 0.3 is 6.18 Å². The molecule has 0 aliphatic carbocycles. The summed E-state index contributed by atoms with van der Waals surface area (Å²) in [4.78, 5) is 12.4. The quantitative estimate of drug-likeness (QED) is 0.849. The molecular formula is C17H20ClF3N4O. The summed E-state index contributed by atoms with van der Waals surface area (Å²) in [6, 6.07) is 6.49. The highest BCUT2D eigenvalue weighted by molar-refractivity contribution is 5.95. The van der Waals surface area contributed by atoms with Gasteiger partial charge in [0.1, 0.15) is 0 Å². The second-order valence-corrected chi connectivity index (χ2v) is 6.10. The minimum Gasteiger partial charge on any atom is -0.349 e. The van der Waals surface area contributed by atoms with E-state index >= 15 is 0 Å². The van der Waals surface area contributed by atoms with Crippen LogP contribution in [0.25, 0.3) is 5.69 Å². The zero-order chi connectivity index (χ0) is 18.0. The molecule has 0 bridgehead atoms. The molecule has 2 aromatic rings. The zero-order valence-corrected chi connectivity index (χ0v) is 15.0. The minimum absolute atomic E-state index is 0. The number of aromatic nitrogens is 2. The third-order valence-electron chi connectivity index (χ3n) is 4.30. The fourth-order valence-corrected chi connectivity index (χ4v) is 3.00. The molecule has 0 spiro atoms. The van der Waals surface area contributed by atoms with Gasteiger partial charge in [-0.2, -0.15) is 18.3 Å². The summed E-state index contributed by atoms with van der Waals surface area (Å²) in [6.07, 6.45) is -2.32. The van der Waals surface area contributed by atoms with Crippen molar-refractivity contribution in [1.82, 2.24) is 20.4 Å². The molecule has 0 atom stereocenters. The third kappa shape index (κ3) is 4.19. The number of hydrogen-bond acceptors (Lipinski definition) is 3. The van der Waals surface area contributed by atoms with Gasteiger partial charge in [0.05, 0.1) is 17.4 Å². The lowest BCUT2D eigenvalue weighted by atomic mass is 10.1. The number of piperidine rings is 1. The van der Waals surface area contributed by atoms with Gasteiger partial charge in [-0.05, 0) is 44.5 Å². The molecule has 3 rings (SSSR count). The Balaban J connectivity index is 0.00000243. The molecule has 1 aromatic heterocycles. The molecule has 1 saturated heterocycles. The van der Waals surface area contributed by atoms with Gasteiger partial charge in [-0.1, -0.05) is 18.2 Å². The van der Waals surface area contributed by atoms with Crippen LogP contribution in [-0.4, -0.2) is 34.8 Å². The highest BCUT2D eigenvalue weighted by Gasteiger charge is 2.41. The van der Waals surface area contributed by atoms with Crippen molar-refractivity contribution in [3.63, 3.8) is 0 Å². The van der Waals surface area contributed by atoms with E-state index in [4.69, 9.17) is 0 Å². The first kappa shape index (κ1) is 20.3. The molecule has 9 heteroatoms. The number of nitrogens with zero attached hydrogens (tertiary/aromatic N) is 2. The lowest BCUT2D eigenvalue weighted by Gasteiger charge is -2.23. The summed E-state index contributed by atoms with van der Waals surface area (Å²) in [6.45, 7) is 3.17. The Labute approximate surface area is 155 Å². The summed E-state index contributed by atoms with van der Waals surface area (Å²) in [5.74, 6) is -0.737. The fourth-order valence-electron chi connectivity index (χ4n) is 3.00. The van der Waals surface area contributed by atoms with Crippen LogP contribution in [0.2, 0.25) is 0 Å². The SMILES string of the molecule is Cc1ccccc1-n1ncc(C(=O)NC2CCNCC2)c1C(F)(F)F.Cl. The number of para-hydroxylation sites is 1. The van der Waals surface area contributed by atoms with Gasteiger partial charge in [-0.3, -0.25) is 4.79 Å². The maximum Gasteiger partial charge on any atom is 0.434 e. The van der Waals surface area contributed by atoms with E-state index in [-0.39, 0.29) is 18.4 Å². The molecule has 142 valence electrons. The summed E-state index contributed by atoms with van der Waals surface area (Å²) in [5.41, 5.74) is -0.556. The van der Waals surface area contributed by atoms with Gasteiger partial charge in [0, 0.05) is 6.04 Å². The Kier molecular flexibility index (Phi) is 6.30. The van der Waals surface area contributed by atoms with Crippen molar-refractivity contribution in [2.45, 2.75) is 32.0 Å². The molecule has 0 unspecified atom stereocenters. The Bertz CT molecular complexity index is 770. The number of rotatable bonds is 3. The van der Waals surface area contributed by atoms with E-state index in [0.717, 1.165) is 24.0 Å². The maximum atomic E-state index is 13.6. The van der Waals surface area contributed by atoms with Crippen molar-refractivity contribution in [1.29, 1.82) is 0 Å². The van der Waals surface area contributed by atoms with E-state index in [1.165, 1.54) is 0 Å². The van der Waals surface area contributed by atoms with Crippen LogP contribution in [0.4, 0.5) is 13.2 Å². The fraction of sp³-hybridized carbons (Fsp3) is 0.412. The lowest BCUT2D eigenvalue weighted by Crippen LogP contribution is -2.43. The topological polar surface area (TPSA) is 59.0 Å². The Morgan fingerprint density at radius 1 is 1.27 bits per heavy atom. The van der Waals surface area contributed by atoms with Crippen LogP contribution < -0.4 is 10.6 Å². The number of carbonyl (C=O) groups excluding carboxylic acids is 1. The monoisotopic (exact) mass is 388 g/mol. The van der Waals surface area contributed by atoms with E-state index in [1.807, 2.05) is 0 Å². The summed E-state index contributed by atoms with van der Waals surface area (Å²) < 4.78 is 41.7. The van der Waals surface area contributed by atoms with Crippen molar-refractivity contribution >= 4 is 18.3 Å².